The fourth-order valence-corrected chi connectivity index (χ4v) is 6.39. The maximum atomic E-state index is 13.9. The molecule has 5 nitrogen and oxygen atoms in total. The molecule has 1 heterocycles. The van der Waals surface area contributed by atoms with E-state index in [0.29, 0.717) is 13.1 Å². The van der Waals surface area contributed by atoms with Gasteiger partial charge in [0.1, 0.15) is 5.60 Å². The first-order valence-corrected chi connectivity index (χ1v) is 13.9. The summed E-state index contributed by atoms with van der Waals surface area (Å²) in [5.41, 5.74) is 1.67. The second kappa shape index (κ2) is 10.6. The Balaban J connectivity index is 1.86. The van der Waals surface area contributed by atoms with Crippen LogP contribution >= 0.6 is 0 Å². The lowest BCUT2D eigenvalue weighted by Gasteiger charge is -2.40. The average molecular weight is 522 g/mol. The van der Waals surface area contributed by atoms with E-state index in [2.05, 4.69) is 4.90 Å². The highest BCUT2D eigenvalue weighted by Gasteiger charge is 2.54. The van der Waals surface area contributed by atoms with Crippen LogP contribution in [-0.4, -0.2) is 55.2 Å². The molecule has 0 radical (unpaired) electrons. The molecule has 3 rings (SSSR count). The summed E-state index contributed by atoms with van der Waals surface area (Å²) in [4.78, 5) is 15.5. The molecule has 36 heavy (non-hydrogen) atoms. The normalized spacial score (nSPS) is 17.1. The Bertz CT molecular complexity index is 1140. The third-order valence-corrected chi connectivity index (χ3v) is 9.20. The number of benzene rings is 2. The number of nitrogens with zero attached hydrogens (tertiary/aromatic N) is 1. The Hall–Kier alpha value is -2.32. The van der Waals surface area contributed by atoms with Crippen LogP contribution in [0, 0.1) is 0 Å². The molecule has 0 unspecified atom stereocenters. The summed E-state index contributed by atoms with van der Waals surface area (Å²) in [6.07, 6.45) is 0.424. The highest BCUT2D eigenvalue weighted by molar-refractivity contribution is 7.93. The summed E-state index contributed by atoms with van der Waals surface area (Å²) < 4.78 is 58.1. The number of piperidine rings is 1. The highest BCUT2D eigenvalue weighted by Crippen LogP contribution is 2.38. The molecular formula is C28H37F2NO4S. The van der Waals surface area contributed by atoms with Crippen LogP contribution in [0.5, 0.6) is 0 Å². The maximum absolute atomic E-state index is 13.9. The largest absolute Gasteiger partial charge is 0.459 e. The van der Waals surface area contributed by atoms with Crippen molar-refractivity contribution >= 4 is 15.8 Å². The molecule has 0 N–H and O–H groups in total. The molecule has 8 heteroatoms. The van der Waals surface area contributed by atoms with E-state index in [0.717, 1.165) is 30.2 Å². The minimum atomic E-state index is -4.03. The van der Waals surface area contributed by atoms with Crippen LogP contribution in [-0.2, 0) is 25.8 Å². The summed E-state index contributed by atoms with van der Waals surface area (Å²) in [5, 5.41) is 0. The topological polar surface area (TPSA) is 63.7 Å². The molecule has 0 spiro atoms. The van der Waals surface area contributed by atoms with Crippen molar-refractivity contribution in [3.8, 4) is 11.1 Å². The van der Waals surface area contributed by atoms with Crippen molar-refractivity contribution in [2.45, 2.75) is 81.5 Å². The van der Waals surface area contributed by atoms with Crippen LogP contribution < -0.4 is 0 Å². The average Bonchev–Trinajstić information content (AvgIpc) is 2.81. The fourth-order valence-electron chi connectivity index (χ4n) is 4.46. The van der Waals surface area contributed by atoms with Gasteiger partial charge in [0.25, 0.3) is 0 Å². The van der Waals surface area contributed by atoms with Crippen molar-refractivity contribution in [3.63, 3.8) is 0 Å². The maximum Gasteiger partial charge on any atom is 0.328 e. The monoisotopic (exact) mass is 521 g/mol. The SMILES string of the molecule is CCN1CCC(C(=O)OC(C)(C)C)(S(=O)(=O)c2ccc(-c3ccc(CCC(C)(F)F)cc3)cc2)CC1. The summed E-state index contributed by atoms with van der Waals surface area (Å²) >= 11 is 0. The molecule has 0 aromatic heterocycles. The van der Waals surface area contributed by atoms with E-state index >= 15 is 0 Å². The van der Waals surface area contributed by atoms with Gasteiger partial charge >= 0.3 is 5.97 Å². The van der Waals surface area contributed by atoms with Crippen LogP contribution in [0.25, 0.3) is 11.1 Å². The number of carbonyl (C=O) groups excluding carboxylic acids is 1. The lowest BCUT2D eigenvalue weighted by atomic mass is 9.95. The summed E-state index contributed by atoms with van der Waals surface area (Å²) in [6, 6.07) is 13.8. The van der Waals surface area contributed by atoms with Crippen molar-refractivity contribution < 1.29 is 26.7 Å². The van der Waals surface area contributed by atoms with Gasteiger partial charge < -0.3 is 9.64 Å². The van der Waals surface area contributed by atoms with Crippen LogP contribution in [0.2, 0.25) is 0 Å². The molecule has 198 valence electrons. The van der Waals surface area contributed by atoms with Gasteiger partial charge in [0.15, 0.2) is 14.6 Å². The van der Waals surface area contributed by atoms with Gasteiger partial charge in [-0.15, -0.1) is 0 Å². The van der Waals surface area contributed by atoms with Gasteiger partial charge in [-0.1, -0.05) is 43.3 Å². The first-order valence-electron chi connectivity index (χ1n) is 12.4. The van der Waals surface area contributed by atoms with Crippen LogP contribution in [0.1, 0.15) is 59.4 Å². The zero-order valence-corrected chi connectivity index (χ0v) is 22.6. The number of hydrogen-bond donors (Lipinski definition) is 0. The molecule has 1 fully saturated rings. The van der Waals surface area contributed by atoms with E-state index < -0.39 is 32.1 Å². The molecular weight excluding hydrogens is 484 g/mol. The van der Waals surface area contributed by atoms with Crippen LogP contribution in [0.15, 0.2) is 53.4 Å². The standard InChI is InChI=1S/C28H37F2NO4S/c1-6-31-19-17-28(18-20-31,25(32)35-26(2,3)4)36(33,34)24-13-11-23(12-14-24)22-9-7-21(8-10-22)15-16-27(5,29)30/h7-14H,6,15-20H2,1-5H3. The predicted molar refractivity (Wildman–Crippen MR) is 138 cm³/mol. The third-order valence-electron chi connectivity index (χ3n) is 6.70. The van der Waals surface area contributed by atoms with Crippen molar-refractivity contribution in [1.82, 2.24) is 4.90 Å². The molecule has 2 aromatic rings. The molecule has 0 aliphatic carbocycles. The Kier molecular flexibility index (Phi) is 8.30. The van der Waals surface area contributed by atoms with E-state index in [4.69, 9.17) is 4.74 Å². The number of hydrogen-bond acceptors (Lipinski definition) is 5. The smallest absolute Gasteiger partial charge is 0.328 e. The van der Waals surface area contributed by atoms with Gasteiger partial charge in [-0.3, -0.25) is 4.79 Å². The first kappa shape index (κ1) is 28.3. The minimum absolute atomic E-state index is 0.0869. The van der Waals surface area contributed by atoms with Crippen molar-refractivity contribution in [2.75, 3.05) is 19.6 Å². The number of alkyl halides is 2. The first-order chi connectivity index (χ1) is 16.7. The Morgan fingerprint density at radius 1 is 0.944 bits per heavy atom. The number of likely N-dealkylation sites (tertiary alicyclic amines) is 1. The lowest BCUT2D eigenvalue weighted by molar-refractivity contribution is -0.159. The van der Waals surface area contributed by atoms with E-state index in [1.807, 2.05) is 31.2 Å². The predicted octanol–water partition coefficient (Wildman–Crippen LogP) is 5.91. The lowest BCUT2D eigenvalue weighted by Crippen LogP contribution is -2.56. The van der Waals surface area contributed by atoms with E-state index in [1.54, 1.807) is 32.9 Å². The molecule has 1 aliphatic rings. The quantitative estimate of drug-likeness (QED) is 0.404. The van der Waals surface area contributed by atoms with Crippen molar-refractivity contribution in [1.29, 1.82) is 0 Å². The Morgan fingerprint density at radius 2 is 1.44 bits per heavy atom. The van der Waals surface area contributed by atoms with Crippen molar-refractivity contribution in [3.05, 3.63) is 54.1 Å². The third kappa shape index (κ3) is 6.51. The van der Waals surface area contributed by atoms with Gasteiger partial charge in [-0.05, 0) is 82.3 Å². The molecule has 1 saturated heterocycles. The van der Waals surface area contributed by atoms with Gasteiger partial charge in [-0.2, -0.15) is 0 Å². The molecule has 0 saturated carbocycles. The second-order valence-corrected chi connectivity index (χ2v) is 13.0. The van der Waals surface area contributed by atoms with Crippen LogP contribution in [0.3, 0.4) is 0 Å². The molecule has 0 amide bonds. The number of esters is 1. The number of halogens is 2. The minimum Gasteiger partial charge on any atom is -0.459 e. The van der Waals surface area contributed by atoms with Crippen LogP contribution in [0.4, 0.5) is 8.78 Å². The second-order valence-electron chi connectivity index (χ2n) is 10.7. The molecule has 0 bridgehead atoms. The number of aryl methyl sites for hydroxylation is 1. The number of ether oxygens (including phenoxy) is 1. The van der Waals surface area contributed by atoms with E-state index in [9.17, 15) is 22.0 Å². The molecule has 0 atom stereocenters. The van der Waals surface area contributed by atoms with Gasteiger partial charge in [0, 0.05) is 19.5 Å². The zero-order chi connectivity index (χ0) is 26.8. The summed E-state index contributed by atoms with van der Waals surface area (Å²) in [6.45, 7) is 9.93. The molecule has 2 aromatic carbocycles. The Morgan fingerprint density at radius 3 is 1.89 bits per heavy atom. The Labute approximate surface area is 213 Å². The van der Waals surface area contributed by atoms with Crippen molar-refractivity contribution in [2.24, 2.45) is 0 Å². The van der Waals surface area contributed by atoms with Gasteiger partial charge in [0.2, 0.25) is 5.92 Å². The van der Waals surface area contributed by atoms with Gasteiger partial charge in [0.05, 0.1) is 4.90 Å². The number of rotatable bonds is 8. The molecule has 1 aliphatic heterocycles. The van der Waals surface area contributed by atoms with E-state index in [1.165, 1.54) is 12.1 Å². The zero-order valence-electron chi connectivity index (χ0n) is 21.8. The number of carbonyl (C=O) groups is 1. The number of sulfone groups is 1. The van der Waals surface area contributed by atoms with E-state index in [-0.39, 0.29) is 30.6 Å². The summed E-state index contributed by atoms with van der Waals surface area (Å²) in [5.74, 6) is -3.40. The summed E-state index contributed by atoms with van der Waals surface area (Å²) in [7, 11) is -4.03. The fraction of sp³-hybridized carbons (Fsp3) is 0.536. The highest BCUT2D eigenvalue weighted by atomic mass is 32.2. The van der Waals surface area contributed by atoms with Gasteiger partial charge in [-0.25, -0.2) is 17.2 Å².